The molecule has 1 N–H and O–H groups in total. The van der Waals surface area contributed by atoms with Gasteiger partial charge in [0.1, 0.15) is 0 Å². The van der Waals surface area contributed by atoms with Gasteiger partial charge in [0.25, 0.3) is 0 Å². The van der Waals surface area contributed by atoms with Gasteiger partial charge in [0.15, 0.2) is 11.0 Å². The number of nitrogens with zero attached hydrogens (tertiary/aromatic N) is 3. The summed E-state index contributed by atoms with van der Waals surface area (Å²) in [6.45, 7) is 6.76. The first-order valence-corrected chi connectivity index (χ1v) is 10.5. The van der Waals surface area contributed by atoms with E-state index in [1.165, 1.54) is 11.8 Å². The third-order valence-corrected chi connectivity index (χ3v) is 5.81. The molecule has 2 aromatic carbocycles. The van der Waals surface area contributed by atoms with Crippen molar-refractivity contribution >= 4 is 29.3 Å². The van der Waals surface area contributed by atoms with Gasteiger partial charge in [-0.25, -0.2) is 0 Å². The highest BCUT2D eigenvalue weighted by Gasteiger charge is 2.17. The number of carbonyl (C=O) groups excluding carboxylic acids is 1. The molecule has 0 saturated heterocycles. The molecule has 3 aromatic rings. The first kappa shape index (κ1) is 20.4. The normalized spacial score (nSPS) is 12.0. The summed E-state index contributed by atoms with van der Waals surface area (Å²) in [7, 11) is 0. The lowest BCUT2D eigenvalue weighted by Gasteiger charge is -2.15. The molecule has 1 heterocycles. The van der Waals surface area contributed by atoms with Crippen molar-refractivity contribution in [3.05, 3.63) is 64.7 Å². The number of amides is 1. The van der Waals surface area contributed by atoms with E-state index in [1.54, 1.807) is 0 Å². The standard InChI is InChI=1S/C21H23ClN4OS/c1-4-26-20(16-10-6-5-9-14(16)2)24-25-21(26)28-13-19(27)23-15(3)17-11-7-8-12-18(17)22/h5-12,15H,4,13H2,1-3H3,(H,23,27)/t15-/m1/s1. The van der Waals surface area contributed by atoms with Gasteiger partial charge in [0.05, 0.1) is 11.8 Å². The van der Waals surface area contributed by atoms with Gasteiger partial charge in [-0.15, -0.1) is 10.2 Å². The highest BCUT2D eigenvalue weighted by atomic mass is 35.5. The molecule has 0 radical (unpaired) electrons. The number of nitrogens with one attached hydrogen (secondary N) is 1. The quantitative estimate of drug-likeness (QED) is 0.559. The summed E-state index contributed by atoms with van der Waals surface area (Å²) in [5, 5.41) is 13.0. The summed E-state index contributed by atoms with van der Waals surface area (Å²) in [5.74, 6) is 1.02. The van der Waals surface area contributed by atoms with Crippen molar-refractivity contribution in [3.8, 4) is 11.4 Å². The van der Waals surface area contributed by atoms with Gasteiger partial charge >= 0.3 is 0 Å². The van der Waals surface area contributed by atoms with Crippen molar-refractivity contribution in [3.63, 3.8) is 0 Å². The van der Waals surface area contributed by atoms with Crippen LogP contribution in [0.25, 0.3) is 11.4 Å². The fraction of sp³-hybridized carbons (Fsp3) is 0.286. The number of carbonyl (C=O) groups is 1. The highest BCUT2D eigenvalue weighted by Crippen LogP contribution is 2.26. The molecule has 0 saturated carbocycles. The molecule has 0 bridgehead atoms. The molecule has 1 aromatic heterocycles. The summed E-state index contributed by atoms with van der Waals surface area (Å²) >= 11 is 7.60. The summed E-state index contributed by atoms with van der Waals surface area (Å²) in [6, 6.07) is 15.5. The summed E-state index contributed by atoms with van der Waals surface area (Å²) in [4.78, 5) is 12.4. The van der Waals surface area contributed by atoms with E-state index in [2.05, 4.69) is 35.4 Å². The van der Waals surface area contributed by atoms with Crippen LogP contribution in [0, 0.1) is 6.92 Å². The third-order valence-electron chi connectivity index (χ3n) is 4.50. The largest absolute Gasteiger partial charge is 0.349 e. The predicted molar refractivity (Wildman–Crippen MR) is 115 cm³/mol. The number of rotatable bonds is 7. The van der Waals surface area contributed by atoms with Gasteiger partial charge in [0.2, 0.25) is 5.91 Å². The Labute approximate surface area is 174 Å². The van der Waals surface area contributed by atoms with Gasteiger partial charge in [0, 0.05) is 17.1 Å². The van der Waals surface area contributed by atoms with Crippen LogP contribution in [-0.2, 0) is 11.3 Å². The Morgan fingerprint density at radius 1 is 1.18 bits per heavy atom. The maximum Gasteiger partial charge on any atom is 0.230 e. The Kier molecular flexibility index (Phi) is 6.75. The maximum atomic E-state index is 12.4. The number of aromatic nitrogens is 3. The number of benzene rings is 2. The minimum atomic E-state index is -0.159. The Morgan fingerprint density at radius 2 is 1.89 bits per heavy atom. The molecule has 0 unspecified atom stereocenters. The molecular weight excluding hydrogens is 392 g/mol. The minimum absolute atomic E-state index is 0.0690. The molecule has 0 aliphatic rings. The van der Waals surface area contributed by atoms with Crippen molar-refractivity contribution in [2.45, 2.75) is 38.5 Å². The van der Waals surface area contributed by atoms with Crippen LogP contribution < -0.4 is 5.32 Å². The monoisotopic (exact) mass is 414 g/mol. The molecule has 0 aliphatic carbocycles. The van der Waals surface area contributed by atoms with Crippen LogP contribution >= 0.6 is 23.4 Å². The van der Waals surface area contributed by atoms with Crippen LogP contribution in [0.1, 0.15) is 31.0 Å². The zero-order valence-corrected chi connectivity index (χ0v) is 17.7. The van der Waals surface area contributed by atoms with Gasteiger partial charge in [-0.3, -0.25) is 4.79 Å². The average Bonchev–Trinajstić information content (AvgIpc) is 3.09. The van der Waals surface area contributed by atoms with E-state index in [0.717, 1.165) is 34.2 Å². The predicted octanol–water partition coefficient (Wildman–Crippen LogP) is 4.90. The molecule has 1 amide bonds. The van der Waals surface area contributed by atoms with Crippen molar-refractivity contribution in [2.24, 2.45) is 0 Å². The second-order valence-electron chi connectivity index (χ2n) is 6.46. The molecule has 5 nitrogen and oxygen atoms in total. The van der Waals surface area contributed by atoms with Crippen LogP contribution in [0.5, 0.6) is 0 Å². The summed E-state index contributed by atoms with van der Waals surface area (Å²) < 4.78 is 2.04. The second-order valence-corrected chi connectivity index (χ2v) is 7.81. The lowest BCUT2D eigenvalue weighted by molar-refractivity contribution is -0.119. The third kappa shape index (κ3) is 4.56. The van der Waals surface area contributed by atoms with E-state index in [0.29, 0.717) is 5.02 Å². The minimum Gasteiger partial charge on any atom is -0.349 e. The van der Waals surface area contributed by atoms with Crippen LogP contribution in [0.4, 0.5) is 0 Å². The average molecular weight is 415 g/mol. The van der Waals surface area contributed by atoms with E-state index in [1.807, 2.05) is 54.0 Å². The summed E-state index contributed by atoms with van der Waals surface area (Å²) in [6.07, 6.45) is 0. The Bertz CT molecular complexity index is 973. The number of aryl methyl sites for hydroxylation is 1. The molecule has 146 valence electrons. The SMILES string of the molecule is CCn1c(SCC(=O)N[C@H](C)c2ccccc2Cl)nnc1-c1ccccc1C. The van der Waals surface area contributed by atoms with E-state index in [4.69, 9.17) is 11.6 Å². The van der Waals surface area contributed by atoms with Crippen molar-refractivity contribution in [2.75, 3.05) is 5.75 Å². The van der Waals surface area contributed by atoms with Gasteiger partial charge < -0.3 is 9.88 Å². The van der Waals surface area contributed by atoms with Gasteiger partial charge in [-0.1, -0.05) is 65.8 Å². The van der Waals surface area contributed by atoms with Crippen LogP contribution in [0.15, 0.2) is 53.7 Å². The van der Waals surface area contributed by atoms with Gasteiger partial charge in [-0.2, -0.15) is 0 Å². The fourth-order valence-electron chi connectivity index (χ4n) is 3.02. The molecule has 3 rings (SSSR count). The van der Waals surface area contributed by atoms with E-state index in [9.17, 15) is 4.79 Å². The fourth-order valence-corrected chi connectivity index (χ4v) is 4.13. The van der Waals surface area contributed by atoms with Crippen molar-refractivity contribution < 1.29 is 4.79 Å². The smallest absolute Gasteiger partial charge is 0.230 e. The highest BCUT2D eigenvalue weighted by molar-refractivity contribution is 7.99. The van der Waals surface area contributed by atoms with E-state index >= 15 is 0 Å². The van der Waals surface area contributed by atoms with E-state index in [-0.39, 0.29) is 17.7 Å². The molecule has 28 heavy (non-hydrogen) atoms. The first-order valence-electron chi connectivity index (χ1n) is 9.17. The number of hydrogen-bond donors (Lipinski definition) is 1. The van der Waals surface area contributed by atoms with Crippen molar-refractivity contribution in [1.29, 1.82) is 0 Å². The molecule has 1 atom stereocenters. The maximum absolute atomic E-state index is 12.4. The lowest BCUT2D eigenvalue weighted by Crippen LogP contribution is -2.28. The first-order chi connectivity index (χ1) is 13.5. The molecule has 0 fully saturated rings. The molecule has 0 spiro atoms. The lowest BCUT2D eigenvalue weighted by atomic mass is 10.1. The number of halogens is 1. The zero-order valence-electron chi connectivity index (χ0n) is 16.1. The number of hydrogen-bond acceptors (Lipinski definition) is 4. The Balaban J connectivity index is 1.67. The van der Waals surface area contributed by atoms with Gasteiger partial charge in [-0.05, 0) is 38.0 Å². The Hall–Kier alpha value is -2.31. The second kappa shape index (κ2) is 9.26. The number of thioether (sulfide) groups is 1. The van der Waals surface area contributed by atoms with Crippen LogP contribution in [0.2, 0.25) is 5.02 Å². The van der Waals surface area contributed by atoms with Crippen LogP contribution in [0.3, 0.4) is 0 Å². The Morgan fingerprint density at radius 3 is 2.61 bits per heavy atom. The summed E-state index contributed by atoms with van der Waals surface area (Å²) in [5.41, 5.74) is 3.11. The zero-order chi connectivity index (χ0) is 20.1. The molecular formula is C21H23ClN4OS. The van der Waals surface area contributed by atoms with Crippen LogP contribution in [-0.4, -0.2) is 26.4 Å². The van der Waals surface area contributed by atoms with Crippen molar-refractivity contribution in [1.82, 2.24) is 20.1 Å². The topological polar surface area (TPSA) is 59.8 Å². The molecule has 0 aliphatic heterocycles. The molecule has 7 heteroatoms. The van der Waals surface area contributed by atoms with E-state index < -0.39 is 0 Å².